The zero-order valence-electron chi connectivity index (χ0n) is 10.5. The van der Waals surface area contributed by atoms with Crippen LogP contribution < -0.4 is 10.6 Å². The molecule has 1 unspecified atom stereocenters. The molecule has 4 nitrogen and oxygen atoms in total. The van der Waals surface area contributed by atoms with E-state index in [0.717, 1.165) is 5.76 Å². The largest absolute Gasteiger partial charge is 0.469 e. The van der Waals surface area contributed by atoms with E-state index in [1.165, 1.54) is 24.3 Å². The quantitative estimate of drug-likeness (QED) is 0.889. The normalized spacial score (nSPS) is 11.9. The third-order valence-corrected chi connectivity index (χ3v) is 2.57. The van der Waals surface area contributed by atoms with E-state index >= 15 is 0 Å². The topological polar surface area (TPSA) is 54.3 Å². The average Bonchev–Trinajstić information content (AvgIpc) is 2.84. The molecule has 2 N–H and O–H groups in total. The molecule has 0 radical (unpaired) electrons. The highest BCUT2D eigenvalue weighted by Crippen LogP contribution is 2.08. The minimum Gasteiger partial charge on any atom is -0.469 e. The zero-order valence-corrected chi connectivity index (χ0v) is 10.5. The van der Waals surface area contributed by atoms with Gasteiger partial charge in [0.1, 0.15) is 11.6 Å². The van der Waals surface area contributed by atoms with Gasteiger partial charge in [0.25, 0.3) is 0 Å². The summed E-state index contributed by atoms with van der Waals surface area (Å²) in [4.78, 5) is 11.7. The summed E-state index contributed by atoms with van der Waals surface area (Å²) < 4.78 is 17.9. The lowest BCUT2D eigenvalue weighted by Gasteiger charge is -2.13. The van der Waals surface area contributed by atoms with Crippen LogP contribution in [-0.2, 0) is 6.42 Å². The number of carbonyl (C=O) groups is 1. The number of anilines is 1. The molecule has 0 bridgehead atoms. The van der Waals surface area contributed by atoms with Gasteiger partial charge in [0.2, 0.25) is 0 Å². The first-order valence-electron chi connectivity index (χ1n) is 5.99. The molecule has 1 aromatic heterocycles. The van der Waals surface area contributed by atoms with Crippen molar-refractivity contribution < 1.29 is 13.6 Å². The van der Waals surface area contributed by atoms with Gasteiger partial charge in [-0.2, -0.15) is 0 Å². The summed E-state index contributed by atoms with van der Waals surface area (Å²) in [6, 6.07) is 8.87. The van der Waals surface area contributed by atoms with Crippen LogP contribution in [0, 0.1) is 5.82 Å². The second kappa shape index (κ2) is 6.04. The van der Waals surface area contributed by atoms with Crippen molar-refractivity contribution >= 4 is 11.7 Å². The Balaban J connectivity index is 1.82. The average molecular weight is 262 g/mol. The summed E-state index contributed by atoms with van der Waals surface area (Å²) in [5.41, 5.74) is 0.545. The molecule has 19 heavy (non-hydrogen) atoms. The van der Waals surface area contributed by atoms with Crippen molar-refractivity contribution in [2.24, 2.45) is 0 Å². The third-order valence-electron chi connectivity index (χ3n) is 2.57. The lowest BCUT2D eigenvalue weighted by molar-refractivity contribution is 0.248. The molecule has 1 aromatic carbocycles. The van der Waals surface area contributed by atoms with E-state index in [2.05, 4.69) is 10.6 Å². The molecule has 0 aliphatic rings. The number of nitrogens with one attached hydrogen (secondary N) is 2. The predicted octanol–water partition coefficient (Wildman–Crippen LogP) is 3.17. The van der Waals surface area contributed by atoms with Gasteiger partial charge in [-0.3, -0.25) is 0 Å². The van der Waals surface area contributed by atoms with Gasteiger partial charge < -0.3 is 15.1 Å². The van der Waals surface area contributed by atoms with E-state index in [1.807, 2.05) is 13.0 Å². The van der Waals surface area contributed by atoms with Gasteiger partial charge in [0, 0.05) is 18.2 Å². The number of furan rings is 1. The van der Waals surface area contributed by atoms with Gasteiger partial charge in [-0.15, -0.1) is 0 Å². The fourth-order valence-corrected chi connectivity index (χ4v) is 1.71. The Morgan fingerprint density at radius 1 is 1.32 bits per heavy atom. The van der Waals surface area contributed by atoms with Crippen molar-refractivity contribution in [3.63, 3.8) is 0 Å². The third kappa shape index (κ3) is 4.13. The predicted molar refractivity (Wildman–Crippen MR) is 70.4 cm³/mol. The van der Waals surface area contributed by atoms with Crippen molar-refractivity contribution in [1.29, 1.82) is 0 Å². The fourth-order valence-electron chi connectivity index (χ4n) is 1.71. The van der Waals surface area contributed by atoms with Crippen LogP contribution in [0.15, 0.2) is 47.1 Å². The number of amides is 2. The Labute approximate surface area is 110 Å². The number of benzene rings is 1. The molecule has 100 valence electrons. The molecular formula is C14H15FN2O2. The molecule has 0 aliphatic carbocycles. The number of hydrogen-bond acceptors (Lipinski definition) is 2. The molecule has 0 saturated heterocycles. The fraction of sp³-hybridized carbons (Fsp3) is 0.214. The maximum atomic E-state index is 12.7. The lowest BCUT2D eigenvalue weighted by Crippen LogP contribution is -2.37. The first-order chi connectivity index (χ1) is 9.13. The van der Waals surface area contributed by atoms with E-state index in [4.69, 9.17) is 4.42 Å². The molecule has 1 atom stereocenters. The number of carbonyl (C=O) groups excluding carboxylic acids is 1. The number of halogens is 1. The summed E-state index contributed by atoms with van der Waals surface area (Å²) in [5.74, 6) is 0.478. The number of rotatable bonds is 4. The van der Waals surface area contributed by atoms with Crippen molar-refractivity contribution in [3.8, 4) is 0 Å². The van der Waals surface area contributed by atoms with E-state index in [-0.39, 0.29) is 17.9 Å². The van der Waals surface area contributed by atoms with Crippen molar-refractivity contribution in [2.75, 3.05) is 5.32 Å². The van der Waals surface area contributed by atoms with E-state index in [1.54, 1.807) is 12.3 Å². The van der Waals surface area contributed by atoms with Gasteiger partial charge in [-0.1, -0.05) is 0 Å². The zero-order chi connectivity index (χ0) is 13.7. The van der Waals surface area contributed by atoms with Gasteiger partial charge in [0.05, 0.1) is 6.26 Å². The highest BCUT2D eigenvalue weighted by molar-refractivity contribution is 5.89. The maximum Gasteiger partial charge on any atom is 0.319 e. The summed E-state index contributed by atoms with van der Waals surface area (Å²) in [6.45, 7) is 1.88. The van der Waals surface area contributed by atoms with Crippen LogP contribution in [0.1, 0.15) is 12.7 Å². The van der Waals surface area contributed by atoms with Crippen LogP contribution in [0.25, 0.3) is 0 Å². The van der Waals surface area contributed by atoms with Crippen LogP contribution >= 0.6 is 0 Å². The molecule has 2 amide bonds. The standard InChI is InChI=1S/C14H15FN2O2/c1-10(9-13-3-2-8-19-13)16-14(18)17-12-6-4-11(15)5-7-12/h2-8,10H,9H2,1H3,(H2,16,17,18). The second-order valence-corrected chi connectivity index (χ2v) is 4.29. The molecule has 5 heteroatoms. The van der Waals surface area contributed by atoms with Gasteiger partial charge in [-0.05, 0) is 43.3 Å². The Morgan fingerprint density at radius 2 is 2.05 bits per heavy atom. The number of hydrogen-bond donors (Lipinski definition) is 2. The van der Waals surface area contributed by atoms with Gasteiger partial charge in [0.15, 0.2) is 0 Å². The van der Waals surface area contributed by atoms with Crippen LogP contribution in [-0.4, -0.2) is 12.1 Å². The molecule has 0 spiro atoms. The van der Waals surface area contributed by atoms with Crippen LogP contribution in [0.5, 0.6) is 0 Å². The van der Waals surface area contributed by atoms with Gasteiger partial charge in [-0.25, -0.2) is 9.18 Å². The molecule has 1 heterocycles. The monoisotopic (exact) mass is 262 g/mol. The summed E-state index contributed by atoms with van der Waals surface area (Å²) in [5, 5.41) is 5.41. The van der Waals surface area contributed by atoms with E-state index < -0.39 is 0 Å². The van der Waals surface area contributed by atoms with Crippen molar-refractivity contribution in [3.05, 3.63) is 54.2 Å². The maximum absolute atomic E-state index is 12.7. The van der Waals surface area contributed by atoms with E-state index in [9.17, 15) is 9.18 Å². The van der Waals surface area contributed by atoms with E-state index in [0.29, 0.717) is 12.1 Å². The molecular weight excluding hydrogens is 247 g/mol. The lowest BCUT2D eigenvalue weighted by atomic mass is 10.2. The molecule has 0 aliphatic heterocycles. The van der Waals surface area contributed by atoms with Crippen LogP contribution in [0.3, 0.4) is 0 Å². The van der Waals surface area contributed by atoms with Crippen LogP contribution in [0.4, 0.5) is 14.9 Å². The molecule has 2 aromatic rings. The summed E-state index contributed by atoms with van der Waals surface area (Å²) in [7, 11) is 0. The highest BCUT2D eigenvalue weighted by Gasteiger charge is 2.09. The van der Waals surface area contributed by atoms with Crippen molar-refractivity contribution in [2.45, 2.75) is 19.4 Å². The second-order valence-electron chi connectivity index (χ2n) is 4.29. The molecule has 2 rings (SSSR count). The van der Waals surface area contributed by atoms with Crippen LogP contribution in [0.2, 0.25) is 0 Å². The number of urea groups is 1. The minimum absolute atomic E-state index is 0.0633. The highest BCUT2D eigenvalue weighted by atomic mass is 19.1. The smallest absolute Gasteiger partial charge is 0.319 e. The van der Waals surface area contributed by atoms with Crippen molar-refractivity contribution in [1.82, 2.24) is 5.32 Å². The molecule has 0 saturated carbocycles. The summed E-state index contributed by atoms with van der Waals surface area (Å²) >= 11 is 0. The first-order valence-corrected chi connectivity index (χ1v) is 5.99. The minimum atomic E-state index is -0.336. The first kappa shape index (κ1) is 13.1. The Hall–Kier alpha value is -2.30. The Morgan fingerprint density at radius 3 is 2.68 bits per heavy atom. The molecule has 0 fully saturated rings. The Kier molecular flexibility index (Phi) is 4.18. The van der Waals surface area contributed by atoms with Gasteiger partial charge >= 0.3 is 6.03 Å². The SMILES string of the molecule is CC(Cc1ccco1)NC(=O)Nc1ccc(F)cc1. The Bertz CT molecular complexity index is 523. The summed E-state index contributed by atoms with van der Waals surface area (Å²) in [6.07, 6.45) is 2.21.